The van der Waals surface area contributed by atoms with Gasteiger partial charge in [-0.1, -0.05) is 12.1 Å². The molecule has 21 heavy (non-hydrogen) atoms. The van der Waals surface area contributed by atoms with E-state index in [2.05, 4.69) is 5.32 Å². The summed E-state index contributed by atoms with van der Waals surface area (Å²) in [6, 6.07) is 4.53. The van der Waals surface area contributed by atoms with Crippen molar-refractivity contribution in [3.05, 3.63) is 29.8 Å². The molecule has 0 spiro atoms. The van der Waals surface area contributed by atoms with Gasteiger partial charge in [-0.05, 0) is 19.1 Å². The third-order valence-corrected chi connectivity index (χ3v) is 2.64. The minimum Gasteiger partial charge on any atom is -0.494 e. The normalized spacial score (nSPS) is 13.1. The predicted molar refractivity (Wildman–Crippen MR) is 73.2 cm³/mol. The van der Waals surface area contributed by atoms with Gasteiger partial charge in [0.25, 0.3) is 0 Å². The number of rotatable bonds is 7. The van der Waals surface area contributed by atoms with E-state index in [1.165, 1.54) is 12.1 Å². The van der Waals surface area contributed by atoms with Crippen LogP contribution in [0.15, 0.2) is 24.3 Å². The Balaban J connectivity index is 3.06. The van der Waals surface area contributed by atoms with E-state index in [0.717, 1.165) is 6.92 Å². The molecular weight excluding hydrogens is 278 g/mol. The summed E-state index contributed by atoms with van der Waals surface area (Å²) in [7, 11) is 0. The number of aliphatic hydroxyl groups excluding tert-OH is 1. The number of aliphatic carboxylic acids is 1. The van der Waals surface area contributed by atoms with E-state index >= 15 is 0 Å². The van der Waals surface area contributed by atoms with Crippen molar-refractivity contribution < 1.29 is 29.3 Å². The van der Waals surface area contributed by atoms with Crippen LogP contribution in [0.4, 0.5) is 0 Å². The number of hydrogen-bond acceptors (Lipinski definition) is 5. The summed E-state index contributed by atoms with van der Waals surface area (Å²) in [4.78, 5) is 34.2. The molecule has 3 N–H and O–H groups in total. The second-order valence-corrected chi connectivity index (χ2v) is 4.29. The number of hydrogen-bond donors (Lipinski definition) is 3. The maximum Gasteiger partial charge on any atom is 0.335 e. The molecule has 0 aromatic heterocycles. The van der Waals surface area contributed by atoms with Crippen molar-refractivity contribution in [3.8, 4) is 5.75 Å². The zero-order valence-electron chi connectivity index (χ0n) is 11.7. The molecule has 0 saturated carbocycles. The van der Waals surface area contributed by atoms with E-state index in [0.29, 0.717) is 12.4 Å². The summed E-state index contributed by atoms with van der Waals surface area (Å²) >= 11 is 0. The maximum absolute atomic E-state index is 12.3. The van der Waals surface area contributed by atoms with Gasteiger partial charge in [-0.3, -0.25) is 9.59 Å². The first kappa shape index (κ1) is 16.6. The lowest BCUT2D eigenvalue weighted by molar-refractivity contribution is -0.147. The molecule has 114 valence electrons. The Morgan fingerprint density at radius 3 is 2.52 bits per heavy atom. The molecule has 0 aliphatic rings. The van der Waals surface area contributed by atoms with Crippen molar-refractivity contribution in [2.24, 2.45) is 0 Å². The van der Waals surface area contributed by atoms with Gasteiger partial charge in [0.1, 0.15) is 11.8 Å². The Bertz CT molecular complexity index is 542. The highest BCUT2D eigenvalue weighted by Gasteiger charge is 2.33. The minimum absolute atomic E-state index is 0.139. The fourth-order valence-electron chi connectivity index (χ4n) is 1.73. The van der Waals surface area contributed by atoms with Gasteiger partial charge in [0, 0.05) is 12.5 Å². The number of aliphatic hydroxyl groups is 1. The summed E-state index contributed by atoms with van der Waals surface area (Å²) in [5.74, 6) is -2.48. The number of ether oxygens (including phenoxy) is 1. The van der Waals surface area contributed by atoms with E-state index < -0.39 is 29.8 Å². The van der Waals surface area contributed by atoms with Gasteiger partial charge >= 0.3 is 5.97 Å². The molecule has 1 amide bonds. The summed E-state index contributed by atoms with van der Waals surface area (Å²) in [5.41, 5.74) is 0.139. The largest absolute Gasteiger partial charge is 0.494 e. The first-order valence-corrected chi connectivity index (χ1v) is 6.31. The molecule has 2 atom stereocenters. The molecule has 0 saturated heterocycles. The molecule has 1 rings (SSSR count). The number of Topliss-reactive ketones (excluding diaryl/α,β-unsaturated/α-hetero) is 1. The highest BCUT2D eigenvalue weighted by Crippen LogP contribution is 2.16. The molecule has 1 aromatic rings. The molecule has 7 nitrogen and oxygen atoms in total. The second kappa shape index (κ2) is 7.39. The number of carbonyl (C=O) groups excluding carboxylic acids is 2. The predicted octanol–water partition coefficient (Wildman–Crippen LogP) is 0.218. The topological polar surface area (TPSA) is 113 Å². The third-order valence-electron chi connectivity index (χ3n) is 2.64. The van der Waals surface area contributed by atoms with Crippen molar-refractivity contribution >= 4 is 17.7 Å². The van der Waals surface area contributed by atoms with Gasteiger partial charge < -0.3 is 20.3 Å². The molecule has 0 fully saturated rings. The van der Waals surface area contributed by atoms with Crippen molar-refractivity contribution in [1.82, 2.24) is 5.32 Å². The summed E-state index contributed by atoms with van der Waals surface area (Å²) in [6.45, 7) is 3.32. The first-order valence-electron chi connectivity index (χ1n) is 6.31. The van der Waals surface area contributed by atoms with Gasteiger partial charge in [-0.15, -0.1) is 0 Å². The second-order valence-electron chi connectivity index (χ2n) is 4.29. The average Bonchev–Trinajstić information content (AvgIpc) is 2.43. The number of carbonyl (C=O) groups is 3. The van der Waals surface area contributed by atoms with Crippen LogP contribution in [0.1, 0.15) is 24.2 Å². The Labute approximate surface area is 121 Å². The van der Waals surface area contributed by atoms with Crippen LogP contribution in [-0.2, 0) is 9.59 Å². The molecule has 1 aromatic carbocycles. The number of benzene rings is 1. The van der Waals surface area contributed by atoms with Gasteiger partial charge in [-0.25, -0.2) is 4.79 Å². The van der Waals surface area contributed by atoms with Crippen LogP contribution in [-0.4, -0.2) is 46.6 Å². The van der Waals surface area contributed by atoms with E-state index in [-0.39, 0.29) is 5.56 Å². The maximum atomic E-state index is 12.3. The number of carboxylic acid groups (broad SMARTS) is 1. The monoisotopic (exact) mass is 295 g/mol. The first-order chi connectivity index (χ1) is 9.86. The van der Waals surface area contributed by atoms with Crippen LogP contribution < -0.4 is 10.1 Å². The van der Waals surface area contributed by atoms with Crippen molar-refractivity contribution in [2.75, 3.05) is 6.61 Å². The lowest BCUT2D eigenvalue weighted by Gasteiger charge is -2.19. The minimum atomic E-state index is -2.03. The molecule has 0 radical (unpaired) electrons. The fourth-order valence-corrected chi connectivity index (χ4v) is 1.73. The number of amides is 1. The van der Waals surface area contributed by atoms with E-state index in [1.807, 2.05) is 0 Å². The standard InChI is InChI=1S/C14H17NO6/c1-3-21-10-6-4-5-9(7-10)12(17)11(15-8(2)16)13(18)14(19)20/h4-7,11,13,18H,3H2,1-2H3,(H,15,16)(H,19,20). The highest BCUT2D eigenvalue weighted by molar-refractivity contribution is 6.04. The SMILES string of the molecule is CCOc1cccc(C(=O)C(NC(C)=O)C(O)C(=O)O)c1. The number of carboxylic acids is 1. The summed E-state index contributed by atoms with van der Waals surface area (Å²) in [6.07, 6.45) is -2.03. The Kier molecular flexibility index (Phi) is 5.86. The third kappa shape index (κ3) is 4.57. The molecule has 2 unspecified atom stereocenters. The summed E-state index contributed by atoms with van der Waals surface area (Å²) < 4.78 is 5.25. The number of nitrogens with one attached hydrogen (secondary N) is 1. The zero-order valence-corrected chi connectivity index (χ0v) is 11.7. The van der Waals surface area contributed by atoms with Crippen molar-refractivity contribution in [3.63, 3.8) is 0 Å². The van der Waals surface area contributed by atoms with Gasteiger partial charge in [-0.2, -0.15) is 0 Å². The average molecular weight is 295 g/mol. The molecular formula is C14H17NO6. The van der Waals surface area contributed by atoms with Crippen LogP contribution >= 0.6 is 0 Å². The van der Waals surface area contributed by atoms with E-state index in [9.17, 15) is 19.5 Å². The lowest BCUT2D eigenvalue weighted by Crippen LogP contribution is -2.51. The number of ketones is 1. The molecule has 0 bridgehead atoms. The van der Waals surface area contributed by atoms with Crippen LogP contribution in [0.2, 0.25) is 0 Å². The summed E-state index contributed by atoms with van der Waals surface area (Å²) in [5, 5.41) is 20.5. The van der Waals surface area contributed by atoms with Crippen LogP contribution in [0, 0.1) is 0 Å². The molecule has 0 heterocycles. The van der Waals surface area contributed by atoms with Gasteiger partial charge in [0.15, 0.2) is 11.9 Å². The van der Waals surface area contributed by atoms with Crippen LogP contribution in [0.3, 0.4) is 0 Å². The lowest BCUT2D eigenvalue weighted by atomic mass is 9.99. The highest BCUT2D eigenvalue weighted by atomic mass is 16.5. The smallest absolute Gasteiger partial charge is 0.335 e. The Hall–Kier alpha value is -2.41. The Morgan fingerprint density at radius 2 is 2.00 bits per heavy atom. The molecule has 0 aliphatic heterocycles. The quantitative estimate of drug-likeness (QED) is 0.620. The van der Waals surface area contributed by atoms with Crippen LogP contribution in [0.5, 0.6) is 5.75 Å². The zero-order chi connectivity index (χ0) is 16.0. The molecule has 0 aliphatic carbocycles. The van der Waals surface area contributed by atoms with Crippen molar-refractivity contribution in [1.29, 1.82) is 0 Å². The van der Waals surface area contributed by atoms with E-state index in [4.69, 9.17) is 9.84 Å². The fraction of sp³-hybridized carbons (Fsp3) is 0.357. The Morgan fingerprint density at radius 1 is 1.33 bits per heavy atom. The molecule has 7 heteroatoms. The van der Waals surface area contributed by atoms with Crippen molar-refractivity contribution in [2.45, 2.75) is 26.0 Å². The van der Waals surface area contributed by atoms with Crippen LogP contribution in [0.25, 0.3) is 0 Å². The van der Waals surface area contributed by atoms with E-state index in [1.54, 1.807) is 19.1 Å². The van der Waals surface area contributed by atoms with Gasteiger partial charge in [0.05, 0.1) is 6.61 Å². The van der Waals surface area contributed by atoms with Gasteiger partial charge in [0.2, 0.25) is 5.91 Å².